The lowest BCUT2D eigenvalue weighted by molar-refractivity contribution is 0.750. The summed E-state index contributed by atoms with van der Waals surface area (Å²) >= 11 is 6.73. The molecule has 39 heavy (non-hydrogen) atoms. The Morgan fingerprint density at radius 3 is 2.56 bits per heavy atom. The predicted octanol–water partition coefficient (Wildman–Crippen LogP) is 5.79. The Balaban J connectivity index is 1.64. The quantitative estimate of drug-likeness (QED) is 0.217. The van der Waals surface area contributed by atoms with E-state index in [4.69, 9.17) is 19.4 Å². The van der Waals surface area contributed by atoms with Crippen LogP contribution < -0.4 is 10.6 Å². The molecule has 5 rings (SSSR count). The van der Waals surface area contributed by atoms with Gasteiger partial charge in [-0.15, -0.1) is 0 Å². The van der Waals surface area contributed by atoms with Crippen LogP contribution in [0.3, 0.4) is 0 Å². The number of hydrogen-bond acceptors (Lipinski definition) is 7. The second-order valence-electron chi connectivity index (χ2n) is 9.01. The van der Waals surface area contributed by atoms with Gasteiger partial charge in [-0.05, 0) is 41.8 Å². The number of fused-ring (bicyclic) bond motifs is 1. The molecule has 0 aliphatic rings. The molecule has 0 fully saturated rings. The van der Waals surface area contributed by atoms with Gasteiger partial charge in [0.05, 0.1) is 51.1 Å². The Morgan fingerprint density at radius 1 is 1.05 bits per heavy atom. The third kappa shape index (κ3) is 5.01. The van der Waals surface area contributed by atoms with Crippen LogP contribution in [0.5, 0.6) is 0 Å². The van der Waals surface area contributed by atoms with Crippen LogP contribution in [0.2, 0.25) is 5.02 Å². The molecule has 8 nitrogen and oxygen atoms in total. The van der Waals surface area contributed by atoms with Gasteiger partial charge in [0, 0.05) is 17.3 Å². The average molecular weight is 529 g/mol. The molecule has 188 valence electrons. The van der Waals surface area contributed by atoms with Gasteiger partial charge in [0.2, 0.25) is 0 Å². The summed E-state index contributed by atoms with van der Waals surface area (Å²) in [5.74, 6) is 0. The molecule has 0 aliphatic heterocycles. The molecule has 0 amide bonds. The van der Waals surface area contributed by atoms with E-state index in [-0.39, 0.29) is 6.04 Å². The van der Waals surface area contributed by atoms with Crippen molar-refractivity contribution in [2.45, 2.75) is 24.8 Å². The van der Waals surface area contributed by atoms with Gasteiger partial charge in [-0.3, -0.25) is 4.98 Å². The predicted molar refractivity (Wildman–Crippen MR) is 152 cm³/mol. The lowest BCUT2D eigenvalue weighted by atomic mass is 9.69. The summed E-state index contributed by atoms with van der Waals surface area (Å²) in [6, 6.07) is 24.9. The molecule has 3 N–H and O–H groups in total. The number of hydrogen-bond donors (Lipinski definition) is 3. The maximum Gasteiger partial charge on any atom is 0.119 e. The second-order valence-corrected chi connectivity index (χ2v) is 9.42. The van der Waals surface area contributed by atoms with Crippen molar-refractivity contribution in [1.82, 2.24) is 20.4 Å². The highest BCUT2D eigenvalue weighted by Gasteiger charge is 2.32. The monoisotopic (exact) mass is 528 g/mol. The summed E-state index contributed by atoms with van der Waals surface area (Å²) in [5.41, 5.74) is 3.32. The van der Waals surface area contributed by atoms with Crippen LogP contribution in [-0.4, -0.2) is 28.2 Å². The lowest BCUT2D eigenvalue weighted by Crippen LogP contribution is -2.37. The highest BCUT2D eigenvalue weighted by Crippen LogP contribution is 2.38. The molecular formula is C29H22BClN8. The van der Waals surface area contributed by atoms with Gasteiger partial charge in [-0.2, -0.15) is 25.9 Å². The molecule has 0 saturated carbocycles. The minimum Gasteiger partial charge on any atom is -0.378 e. The Morgan fingerprint density at radius 2 is 1.87 bits per heavy atom. The fourth-order valence-corrected chi connectivity index (χ4v) is 4.86. The number of H-pyrrole nitrogens is 1. The molecule has 2 aromatic heterocycles. The summed E-state index contributed by atoms with van der Waals surface area (Å²) in [5, 5.41) is 38.1. The molecule has 1 unspecified atom stereocenters. The van der Waals surface area contributed by atoms with Crippen LogP contribution in [0.1, 0.15) is 47.3 Å². The summed E-state index contributed by atoms with van der Waals surface area (Å²) < 4.78 is 0. The van der Waals surface area contributed by atoms with Crippen molar-refractivity contribution < 1.29 is 0 Å². The minimum absolute atomic E-state index is 0.0447. The van der Waals surface area contributed by atoms with Crippen molar-refractivity contribution in [2.75, 3.05) is 10.6 Å². The number of aromatic amines is 1. The van der Waals surface area contributed by atoms with Gasteiger partial charge in [0.1, 0.15) is 19.6 Å². The van der Waals surface area contributed by atoms with Gasteiger partial charge in [-0.25, -0.2) is 0 Å². The van der Waals surface area contributed by atoms with Crippen LogP contribution in [0.15, 0.2) is 79.1 Å². The van der Waals surface area contributed by atoms with Crippen molar-refractivity contribution in [1.29, 1.82) is 10.5 Å². The zero-order chi connectivity index (χ0) is 27.4. The van der Waals surface area contributed by atoms with Crippen LogP contribution in [0.25, 0.3) is 10.9 Å². The lowest BCUT2D eigenvalue weighted by Gasteiger charge is -2.32. The first-order chi connectivity index (χ1) is 19.0. The number of aromatic nitrogens is 4. The zero-order valence-corrected chi connectivity index (χ0v) is 21.7. The number of rotatable bonds is 8. The van der Waals surface area contributed by atoms with Crippen LogP contribution in [0.4, 0.5) is 11.4 Å². The maximum atomic E-state index is 9.94. The first-order valence-electron chi connectivity index (χ1n) is 12.2. The number of nitrogens with one attached hydrogen (secondary N) is 3. The van der Waals surface area contributed by atoms with Crippen molar-refractivity contribution in [3.63, 3.8) is 0 Å². The molecule has 0 saturated heterocycles. The molecule has 10 heteroatoms. The van der Waals surface area contributed by atoms with Crippen LogP contribution in [-0.2, 0) is 5.44 Å². The van der Waals surface area contributed by atoms with E-state index in [1.54, 1.807) is 30.3 Å². The third-order valence-electron chi connectivity index (χ3n) is 6.58. The zero-order valence-electron chi connectivity index (χ0n) is 21.0. The summed E-state index contributed by atoms with van der Waals surface area (Å²) in [6.07, 6.45) is 3.83. The maximum absolute atomic E-state index is 9.94. The molecular weight excluding hydrogens is 507 g/mol. The summed E-state index contributed by atoms with van der Waals surface area (Å²) in [4.78, 5) is 4.47. The molecule has 2 heterocycles. The number of pyridine rings is 1. The fourth-order valence-electron chi connectivity index (χ4n) is 4.59. The minimum atomic E-state index is -1.36. The topological polar surface area (TPSA) is 126 Å². The highest BCUT2D eigenvalue weighted by molar-refractivity contribution is 6.36. The van der Waals surface area contributed by atoms with Gasteiger partial charge in [0.15, 0.2) is 0 Å². The van der Waals surface area contributed by atoms with Crippen molar-refractivity contribution >= 4 is 41.7 Å². The number of benzene rings is 3. The van der Waals surface area contributed by atoms with E-state index in [1.165, 1.54) is 12.4 Å². The van der Waals surface area contributed by atoms with E-state index < -0.39 is 5.44 Å². The molecule has 5 aromatic rings. The van der Waals surface area contributed by atoms with E-state index >= 15 is 0 Å². The SMILES string of the molecule is [B]C(Nc1cc(Cl)c2ncc(C#N)c(N[C@H](CC)c3ccccc3)c2c1)(c1cccc(C#N)c1)c1cn[nH]n1. The summed E-state index contributed by atoms with van der Waals surface area (Å²) in [6.45, 7) is 2.08. The van der Waals surface area contributed by atoms with Gasteiger partial charge in [0.25, 0.3) is 0 Å². The molecule has 0 bridgehead atoms. The largest absolute Gasteiger partial charge is 0.378 e. The van der Waals surface area contributed by atoms with Crippen LogP contribution >= 0.6 is 11.6 Å². The smallest absolute Gasteiger partial charge is 0.119 e. The highest BCUT2D eigenvalue weighted by atomic mass is 35.5. The number of anilines is 2. The molecule has 0 spiro atoms. The molecule has 2 atom stereocenters. The number of nitriles is 2. The van der Waals surface area contributed by atoms with E-state index in [1.807, 2.05) is 36.4 Å². The number of halogens is 1. The Hall–Kier alpha value is -4.86. The summed E-state index contributed by atoms with van der Waals surface area (Å²) in [7, 11) is 6.94. The Labute approximate surface area is 232 Å². The molecule has 3 aromatic carbocycles. The van der Waals surface area contributed by atoms with Gasteiger partial charge < -0.3 is 10.6 Å². The average Bonchev–Trinajstić information content (AvgIpc) is 3.52. The fraction of sp³-hybridized carbons (Fsp3) is 0.138. The normalized spacial score (nSPS) is 13.1. The standard InChI is InChI=1S/C29H22BClN8/c1-2-25(19-8-4-3-5-9-19)36-27-20(15-33)16-34-28-23(27)12-22(13-24(28)31)37-29(30,26-17-35-39-38-26)21-10-6-7-18(11-21)14-32/h3-13,16-17,25,37H,2H2,1H3,(H,34,36)(H,35,38,39)/t25-,29?/m1/s1. The van der Waals surface area contributed by atoms with Gasteiger partial charge >= 0.3 is 0 Å². The van der Waals surface area contributed by atoms with Crippen molar-refractivity contribution in [3.8, 4) is 12.1 Å². The Bertz CT molecular complexity index is 1710. The Kier molecular flexibility index (Phi) is 7.18. The van der Waals surface area contributed by atoms with E-state index in [0.717, 1.165) is 12.0 Å². The van der Waals surface area contributed by atoms with E-state index in [9.17, 15) is 10.5 Å². The first-order valence-corrected chi connectivity index (χ1v) is 12.6. The van der Waals surface area contributed by atoms with E-state index in [2.05, 4.69) is 50.1 Å². The van der Waals surface area contributed by atoms with Gasteiger partial charge in [-0.1, -0.05) is 61.0 Å². The molecule has 0 aliphatic carbocycles. The van der Waals surface area contributed by atoms with Crippen molar-refractivity contribution in [2.24, 2.45) is 0 Å². The van der Waals surface area contributed by atoms with E-state index in [0.29, 0.717) is 49.7 Å². The van der Waals surface area contributed by atoms with Crippen LogP contribution in [0, 0.1) is 22.7 Å². The third-order valence-corrected chi connectivity index (χ3v) is 6.87. The molecule has 2 radical (unpaired) electrons. The number of nitrogens with zero attached hydrogens (tertiary/aromatic N) is 5. The van der Waals surface area contributed by atoms with Crippen molar-refractivity contribution in [3.05, 3.63) is 112 Å². The first kappa shape index (κ1) is 25.8. The second kappa shape index (κ2) is 10.9.